The van der Waals surface area contributed by atoms with Crippen LogP contribution in [-0.4, -0.2) is 56.0 Å². The number of guanidine groups is 1. The lowest BCUT2D eigenvalue weighted by Crippen LogP contribution is -2.57. The topological polar surface area (TPSA) is 61.8 Å². The van der Waals surface area contributed by atoms with Crippen LogP contribution >= 0.6 is 0 Å². The number of nitrogens with one attached hydrogen (secondary N) is 1. The van der Waals surface area contributed by atoms with Gasteiger partial charge in [0.15, 0.2) is 15.8 Å². The summed E-state index contributed by atoms with van der Waals surface area (Å²) in [4.78, 5) is 6.47. The molecule has 6 heteroatoms. The van der Waals surface area contributed by atoms with Gasteiger partial charge in [-0.05, 0) is 38.2 Å². The molecule has 1 N–H and O–H groups in total. The zero-order valence-corrected chi connectivity index (χ0v) is 15.5. The average Bonchev–Trinajstić information content (AvgIpc) is 3.26. The van der Waals surface area contributed by atoms with Gasteiger partial charge in [0.25, 0.3) is 0 Å². The van der Waals surface area contributed by atoms with Crippen LogP contribution in [0.25, 0.3) is 0 Å². The van der Waals surface area contributed by atoms with Gasteiger partial charge in [-0.2, -0.15) is 0 Å². The van der Waals surface area contributed by atoms with Crippen LogP contribution in [0.1, 0.15) is 25.8 Å². The first-order chi connectivity index (χ1) is 11.3. The van der Waals surface area contributed by atoms with Crippen molar-refractivity contribution in [3.8, 4) is 0 Å². The molecule has 0 radical (unpaired) electrons. The molecule has 1 aliphatic carbocycles. The second-order valence-corrected chi connectivity index (χ2v) is 10.2. The Labute approximate surface area is 145 Å². The molecule has 1 saturated heterocycles. The molecule has 1 aromatic carbocycles. The summed E-state index contributed by atoms with van der Waals surface area (Å²) in [6, 6.07) is 11.0. The molecule has 24 heavy (non-hydrogen) atoms. The summed E-state index contributed by atoms with van der Waals surface area (Å²) >= 11 is 0. The molecule has 132 valence electrons. The Morgan fingerprint density at radius 1 is 1.33 bits per heavy atom. The maximum Gasteiger partial charge on any atom is 0.193 e. The summed E-state index contributed by atoms with van der Waals surface area (Å²) in [5, 5.41) is 3.53. The highest BCUT2D eigenvalue weighted by Gasteiger charge is 2.43. The standard InChI is InChI=1S/C18H27N3O2S/c1-18(2)13-21(9-10-24(18,22)23)17(19-3)20-16-12-15(16)11-14-7-5-4-6-8-14/h4-8,15-16H,9-13H2,1-3H3,(H,19,20). The van der Waals surface area contributed by atoms with Crippen molar-refractivity contribution >= 4 is 15.8 Å². The van der Waals surface area contributed by atoms with Crippen molar-refractivity contribution < 1.29 is 8.42 Å². The zero-order valence-electron chi connectivity index (χ0n) is 14.7. The number of nitrogens with zero attached hydrogens (tertiary/aromatic N) is 2. The van der Waals surface area contributed by atoms with Crippen LogP contribution in [-0.2, 0) is 16.3 Å². The number of hydrogen-bond donors (Lipinski definition) is 1. The molecule has 2 fully saturated rings. The molecule has 1 aliphatic heterocycles. The molecular weight excluding hydrogens is 322 g/mol. The summed E-state index contributed by atoms with van der Waals surface area (Å²) < 4.78 is 23.6. The average molecular weight is 350 g/mol. The lowest BCUT2D eigenvalue weighted by Gasteiger charge is -2.39. The van der Waals surface area contributed by atoms with Gasteiger partial charge in [0.1, 0.15) is 0 Å². The van der Waals surface area contributed by atoms with Crippen molar-refractivity contribution in [2.75, 3.05) is 25.9 Å². The largest absolute Gasteiger partial charge is 0.353 e. The molecule has 1 aromatic rings. The highest BCUT2D eigenvalue weighted by molar-refractivity contribution is 7.92. The highest BCUT2D eigenvalue weighted by Crippen LogP contribution is 2.34. The Bertz CT molecular complexity index is 713. The third kappa shape index (κ3) is 3.58. The van der Waals surface area contributed by atoms with Crippen molar-refractivity contribution in [3.63, 3.8) is 0 Å². The van der Waals surface area contributed by atoms with Crippen LogP contribution in [0, 0.1) is 5.92 Å². The van der Waals surface area contributed by atoms with Gasteiger partial charge >= 0.3 is 0 Å². The fraction of sp³-hybridized carbons (Fsp3) is 0.611. The van der Waals surface area contributed by atoms with E-state index in [0.29, 0.717) is 25.0 Å². The van der Waals surface area contributed by atoms with E-state index in [-0.39, 0.29) is 5.75 Å². The van der Waals surface area contributed by atoms with Crippen molar-refractivity contribution in [2.45, 2.75) is 37.5 Å². The van der Waals surface area contributed by atoms with Crippen LogP contribution in [0.5, 0.6) is 0 Å². The summed E-state index contributed by atoms with van der Waals surface area (Å²) in [5.41, 5.74) is 1.37. The molecule has 0 amide bonds. The molecule has 1 heterocycles. The first-order valence-electron chi connectivity index (χ1n) is 8.57. The van der Waals surface area contributed by atoms with Gasteiger partial charge in [-0.3, -0.25) is 4.99 Å². The molecule has 2 unspecified atom stereocenters. The van der Waals surface area contributed by atoms with E-state index in [1.54, 1.807) is 20.9 Å². The molecule has 1 saturated carbocycles. The van der Waals surface area contributed by atoms with Gasteiger partial charge in [0.2, 0.25) is 0 Å². The van der Waals surface area contributed by atoms with E-state index in [2.05, 4.69) is 39.5 Å². The fourth-order valence-corrected chi connectivity index (χ4v) is 4.72. The van der Waals surface area contributed by atoms with Crippen LogP contribution in [0.4, 0.5) is 0 Å². The van der Waals surface area contributed by atoms with Gasteiger partial charge in [0.05, 0.1) is 10.5 Å². The lowest BCUT2D eigenvalue weighted by molar-refractivity contribution is 0.352. The SMILES string of the molecule is CN=C(NC1CC1Cc1ccccc1)N1CCS(=O)(=O)C(C)(C)C1. The van der Waals surface area contributed by atoms with Crippen molar-refractivity contribution in [1.29, 1.82) is 0 Å². The van der Waals surface area contributed by atoms with Crippen molar-refractivity contribution in [1.82, 2.24) is 10.2 Å². The maximum absolute atomic E-state index is 12.2. The second kappa shape index (κ2) is 6.39. The molecule has 2 atom stereocenters. The van der Waals surface area contributed by atoms with Gasteiger partial charge in [-0.1, -0.05) is 30.3 Å². The van der Waals surface area contributed by atoms with Crippen LogP contribution in [0.2, 0.25) is 0 Å². The summed E-state index contributed by atoms with van der Waals surface area (Å²) in [6.45, 7) is 4.61. The zero-order chi connectivity index (χ0) is 17.4. The highest BCUT2D eigenvalue weighted by atomic mass is 32.2. The first-order valence-corrected chi connectivity index (χ1v) is 10.2. The predicted octanol–water partition coefficient (Wildman–Crippen LogP) is 1.70. The first kappa shape index (κ1) is 17.3. The van der Waals surface area contributed by atoms with E-state index >= 15 is 0 Å². The van der Waals surface area contributed by atoms with Crippen LogP contribution in [0.3, 0.4) is 0 Å². The number of rotatable bonds is 3. The number of aliphatic imine (C=N–C) groups is 1. The van der Waals surface area contributed by atoms with Gasteiger partial charge < -0.3 is 10.2 Å². The third-order valence-corrected chi connectivity index (χ3v) is 7.67. The Balaban J connectivity index is 1.57. The summed E-state index contributed by atoms with van der Waals surface area (Å²) in [6.07, 6.45) is 2.22. The Morgan fingerprint density at radius 3 is 2.67 bits per heavy atom. The van der Waals surface area contributed by atoms with Crippen LogP contribution in [0.15, 0.2) is 35.3 Å². The molecule has 2 aliphatic rings. The molecular formula is C18H27N3O2S. The predicted molar refractivity (Wildman–Crippen MR) is 98.0 cm³/mol. The summed E-state index contributed by atoms with van der Waals surface area (Å²) in [5.74, 6) is 1.66. The van der Waals surface area contributed by atoms with E-state index in [0.717, 1.165) is 18.8 Å². The normalized spacial score (nSPS) is 28.5. The van der Waals surface area contributed by atoms with Gasteiger partial charge in [-0.25, -0.2) is 8.42 Å². The minimum absolute atomic E-state index is 0.193. The van der Waals surface area contributed by atoms with E-state index in [1.807, 2.05) is 6.07 Å². The van der Waals surface area contributed by atoms with E-state index in [4.69, 9.17) is 0 Å². The monoisotopic (exact) mass is 349 g/mol. The fourth-order valence-electron chi connectivity index (χ4n) is 3.35. The van der Waals surface area contributed by atoms with E-state index in [1.165, 1.54) is 5.56 Å². The van der Waals surface area contributed by atoms with Gasteiger partial charge in [-0.15, -0.1) is 0 Å². The molecule has 0 spiro atoms. The molecule has 3 rings (SSSR count). The molecule has 5 nitrogen and oxygen atoms in total. The van der Waals surface area contributed by atoms with Crippen molar-refractivity contribution in [3.05, 3.63) is 35.9 Å². The molecule has 0 bridgehead atoms. The van der Waals surface area contributed by atoms with Gasteiger partial charge in [0, 0.05) is 26.2 Å². The summed E-state index contributed by atoms with van der Waals surface area (Å²) in [7, 11) is -1.25. The Morgan fingerprint density at radius 2 is 2.04 bits per heavy atom. The Hall–Kier alpha value is -1.56. The minimum atomic E-state index is -3.02. The smallest absolute Gasteiger partial charge is 0.193 e. The lowest BCUT2D eigenvalue weighted by atomic mass is 10.1. The Kier molecular flexibility index (Phi) is 4.60. The van der Waals surface area contributed by atoms with E-state index in [9.17, 15) is 8.42 Å². The quantitative estimate of drug-likeness (QED) is 0.666. The van der Waals surface area contributed by atoms with Crippen LogP contribution < -0.4 is 5.32 Å². The van der Waals surface area contributed by atoms with E-state index < -0.39 is 14.6 Å². The third-order valence-electron chi connectivity index (χ3n) is 5.13. The second-order valence-electron chi connectivity index (χ2n) is 7.48. The number of hydrogen-bond acceptors (Lipinski definition) is 3. The maximum atomic E-state index is 12.2. The number of sulfone groups is 1. The molecule has 0 aromatic heterocycles. The number of benzene rings is 1. The van der Waals surface area contributed by atoms with Crippen molar-refractivity contribution in [2.24, 2.45) is 10.9 Å². The minimum Gasteiger partial charge on any atom is -0.353 e.